The van der Waals surface area contributed by atoms with E-state index in [1.807, 2.05) is 0 Å². The third-order valence-electron chi connectivity index (χ3n) is 1.81. The maximum atomic E-state index is 10.7. The standard InChI is InChI=1S/C10H10Cl2O3/c1-2-8(10(13)14)15-9-4-3-6(11)5-7(9)12/h3-5,8H,2H2,1H3,(H,13,14)/t8-/m1/s1. The van der Waals surface area contributed by atoms with E-state index in [0.29, 0.717) is 22.2 Å². The minimum atomic E-state index is -1.01. The molecular formula is C10H10Cl2O3. The summed E-state index contributed by atoms with van der Waals surface area (Å²) >= 11 is 11.5. The second kappa shape index (κ2) is 5.24. The van der Waals surface area contributed by atoms with Crippen molar-refractivity contribution in [2.45, 2.75) is 19.4 Å². The fourth-order valence-electron chi connectivity index (χ4n) is 1.03. The molecule has 0 saturated heterocycles. The molecule has 0 amide bonds. The minimum absolute atomic E-state index is 0.308. The molecule has 1 aromatic rings. The zero-order valence-electron chi connectivity index (χ0n) is 8.04. The first-order valence-electron chi connectivity index (χ1n) is 4.39. The van der Waals surface area contributed by atoms with E-state index in [4.69, 9.17) is 33.0 Å². The van der Waals surface area contributed by atoms with Crippen molar-refractivity contribution in [2.75, 3.05) is 0 Å². The van der Waals surface area contributed by atoms with Gasteiger partial charge in [0, 0.05) is 5.02 Å². The first-order valence-corrected chi connectivity index (χ1v) is 5.14. The summed E-state index contributed by atoms with van der Waals surface area (Å²) < 4.78 is 5.22. The molecule has 15 heavy (non-hydrogen) atoms. The van der Waals surface area contributed by atoms with Gasteiger partial charge in [0.05, 0.1) is 5.02 Å². The van der Waals surface area contributed by atoms with Gasteiger partial charge in [-0.1, -0.05) is 30.1 Å². The van der Waals surface area contributed by atoms with Gasteiger partial charge in [0.1, 0.15) is 5.75 Å². The van der Waals surface area contributed by atoms with Gasteiger partial charge in [0.2, 0.25) is 0 Å². The monoisotopic (exact) mass is 248 g/mol. The number of hydrogen-bond acceptors (Lipinski definition) is 2. The smallest absolute Gasteiger partial charge is 0.344 e. The Bertz CT molecular complexity index is 366. The normalized spacial score (nSPS) is 12.2. The van der Waals surface area contributed by atoms with Gasteiger partial charge in [-0.05, 0) is 24.6 Å². The number of carboxylic acids is 1. The van der Waals surface area contributed by atoms with Gasteiger partial charge >= 0.3 is 5.97 Å². The molecule has 0 fully saturated rings. The molecule has 0 aliphatic carbocycles. The summed E-state index contributed by atoms with van der Waals surface area (Å²) in [5.74, 6) is -0.682. The zero-order chi connectivity index (χ0) is 11.4. The fourth-order valence-corrected chi connectivity index (χ4v) is 1.49. The molecule has 1 atom stereocenters. The van der Waals surface area contributed by atoms with Gasteiger partial charge in [-0.25, -0.2) is 4.79 Å². The highest BCUT2D eigenvalue weighted by Gasteiger charge is 2.17. The van der Waals surface area contributed by atoms with Crippen molar-refractivity contribution in [3.8, 4) is 5.75 Å². The van der Waals surface area contributed by atoms with Crippen molar-refractivity contribution in [1.29, 1.82) is 0 Å². The van der Waals surface area contributed by atoms with Crippen LogP contribution < -0.4 is 4.74 Å². The lowest BCUT2D eigenvalue weighted by Crippen LogP contribution is -2.25. The highest BCUT2D eigenvalue weighted by Crippen LogP contribution is 2.28. The maximum Gasteiger partial charge on any atom is 0.344 e. The SMILES string of the molecule is CC[C@@H](Oc1ccc(Cl)cc1Cl)C(=O)O. The van der Waals surface area contributed by atoms with E-state index >= 15 is 0 Å². The van der Waals surface area contributed by atoms with Crippen LogP contribution in [0.25, 0.3) is 0 Å². The molecule has 3 nitrogen and oxygen atoms in total. The molecule has 0 heterocycles. The Kier molecular flexibility index (Phi) is 4.24. The van der Waals surface area contributed by atoms with Gasteiger partial charge in [-0.15, -0.1) is 0 Å². The lowest BCUT2D eigenvalue weighted by Gasteiger charge is -2.14. The molecule has 0 aliphatic heterocycles. The van der Waals surface area contributed by atoms with Crippen LogP contribution in [0.15, 0.2) is 18.2 Å². The lowest BCUT2D eigenvalue weighted by atomic mass is 10.2. The van der Waals surface area contributed by atoms with E-state index in [-0.39, 0.29) is 0 Å². The van der Waals surface area contributed by atoms with Crippen molar-refractivity contribution in [1.82, 2.24) is 0 Å². The Morgan fingerprint density at radius 2 is 2.20 bits per heavy atom. The number of carbonyl (C=O) groups is 1. The second-order valence-electron chi connectivity index (χ2n) is 2.93. The Labute approximate surface area is 97.6 Å². The van der Waals surface area contributed by atoms with Crippen LogP contribution in [-0.4, -0.2) is 17.2 Å². The molecular weight excluding hydrogens is 239 g/mol. The molecule has 0 aliphatic rings. The summed E-state index contributed by atoms with van der Waals surface area (Å²) in [7, 11) is 0. The zero-order valence-corrected chi connectivity index (χ0v) is 9.55. The van der Waals surface area contributed by atoms with Crippen LogP contribution in [0.1, 0.15) is 13.3 Å². The van der Waals surface area contributed by atoms with E-state index in [0.717, 1.165) is 0 Å². The van der Waals surface area contributed by atoms with E-state index in [1.165, 1.54) is 6.07 Å². The van der Waals surface area contributed by atoms with E-state index < -0.39 is 12.1 Å². The Morgan fingerprint density at radius 3 is 2.67 bits per heavy atom. The third kappa shape index (κ3) is 3.29. The summed E-state index contributed by atoms with van der Waals surface area (Å²) in [6, 6.07) is 4.65. The van der Waals surface area contributed by atoms with E-state index in [2.05, 4.69) is 0 Å². The first kappa shape index (κ1) is 12.1. The topological polar surface area (TPSA) is 46.5 Å². The number of benzene rings is 1. The number of halogens is 2. The van der Waals surface area contributed by atoms with E-state index in [1.54, 1.807) is 19.1 Å². The van der Waals surface area contributed by atoms with Gasteiger partial charge in [-0.2, -0.15) is 0 Å². The molecule has 0 unspecified atom stereocenters. The van der Waals surface area contributed by atoms with Crippen LogP contribution in [0.4, 0.5) is 0 Å². The van der Waals surface area contributed by atoms with E-state index in [9.17, 15) is 4.79 Å². The first-order chi connectivity index (χ1) is 7.04. The van der Waals surface area contributed by atoms with Crippen LogP contribution in [0, 0.1) is 0 Å². The van der Waals surface area contributed by atoms with Gasteiger partial charge in [0.15, 0.2) is 6.10 Å². The summed E-state index contributed by atoms with van der Waals surface area (Å²) in [5, 5.41) is 9.58. The average molecular weight is 249 g/mol. The van der Waals surface area contributed by atoms with Gasteiger partial charge in [0.25, 0.3) is 0 Å². The Hall–Kier alpha value is -0.930. The highest BCUT2D eigenvalue weighted by molar-refractivity contribution is 6.35. The predicted molar refractivity (Wildman–Crippen MR) is 58.8 cm³/mol. The van der Waals surface area contributed by atoms with Crippen molar-refractivity contribution in [3.63, 3.8) is 0 Å². The minimum Gasteiger partial charge on any atom is -0.479 e. The van der Waals surface area contributed by atoms with Crippen molar-refractivity contribution < 1.29 is 14.6 Å². The number of carboxylic acid groups (broad SMARTS) is 1. The molecule has 0 radical (unpaired) electrons. The number of aliphatic carboxylic acids is 1. The van der Waals surface area contributed by atoms with Crippen LogP contribution >= 0.6 is 23.2 Å². The van der Waals surface area contributed by atoms with Crippen LogP contribution in [0.2, 0.25) is 10.0 Å². The molecule has 0 bridgehead atoms. The van der Waals surface area contributed by atoms with Gasteiger partial charge in [-0.3, -0.25) is 0 Å². The largest absolute Gasteiger partial charge is 0.479 e. The Balaban J connectivity index is 2.84. The molecule has 1 N–H and O–H groups in total. The molecule has 82 valence electrons. The second-order valence-corrected chi connectivity index (χ2v) is 3.77. The van der Waals surface area contributed by atoms with Gasteiger partial charge < -0.3 is 9.84 Å². The van der Waals surface area contributed by atoms with Crippen LogP contribution in [0.5, 0.6) is 5.75 Å². The average Bonchev–Trinajstić information content (AvgIpc) is 2.16. The molecule has 0 aromatic heterocycles. The fraction of sp³-hybridized carbons (Fsp3) is 0.300. The van der Waals surface area contributed by atoms with Crippen molar-refractivity contribution in [2.24, 2.45) is 0 Å². The van der Waals surface area contributed by atoms with Crippen molar-refractivity contribution in [3.05, 3.63) is 28.2 Å². The summed E-state index contributed by atoms with van der Waals surface area (Å²) in [5.41, 5.74) is 0. The third-order valence-corrected chi connectivity index (χ3v) is 2.34. The van der Waals surface area contributed by atoms with Crippen LogP contribution in [0.3, 0.4) is 0 Å². The maximum absolute atomic E-state index is 10.7. The number of ether oxygens (including phenoxy) is 1. The quantitative estimate of drug-likeness (QED) is 0.890. The predicted octanol–water partition coefficient (Wildman–Crippen LogP) is 3.24. The molecule has 5 heteroatoms. The lowest BCUT2D eigenvalue weighted by molar-refractivity contribution is -0.145. The highest BCUT2D eigenvalue weighted by atomic mass is 35.5. The van der Waals surface area contributed by atoms with Crippen LogP contribution in [-0.2, 0) is 4.79 Å². The molecule has 1 rings (SSSR count). The molecule has 0 saturated carbocycles. The summed E-state index contributed by atoms with van der Waals surface area (Å²) in [4.78, 5) is 10.7. The van der Waals surface area contributed by atoms with Crippen molar-refractivity contribution >= 4 is 29.2 Å². The Morgan fingerprint density at radius 1 is 1.53 bits per heavy atom. The summed E-state index contributed by atoms with van der Waals surface area (Å²) in [6.45, 7) is 1.72. The summed E-state index contributed by atoms with van der Waals surface area (Å²) in [6.07, 6.45) is -0.516. The molecule has 0 spiro atoms. The molecule has 1 aromatic carbocycles. The number of rotatable bonds is 4. The number of hydrogen-bond donors (Lipinski definition) is 1.